The molecule has 104 valence electrons. The van der Waals surface area contributed by atoms with Crippen LogP contribution in [0.25, 0.3) is 0 Å². The average Bonchev–Trinajstić information content (AvgIpc) is 2.25. The summed E-state index contributed by atoms with van der Waals surface area (Å²) in [6.07, 6.45) is 0.172. The Hall–Kier alpha value is -1.55. The molecule has 2 N–H and O–H groups in total. The number of piperazine rings is 1. The first-order valence-corrected chi connectivity index (χ1v) is 6.75. The van der Waals surface area contributed by atoms with Crippen molar-refractivity contribution < 1.29 is 9.90 Å². The van der Waals surface area contributed by atoms with Crippen LogP contribution in [0.4, 0.5) is 5.69 Å². The molecule has 19 heavy (non-hydrogen) atoms. The Kier molecular flexibility index (Phi) is 4.10. The topological polar surface area (TPSA) is 52.6 Å². The average molecular weight is 262 g/mol. The van der Waals surface area contributed by atoms with Gasteiger partial charge in [0.2, 0.25) is 0 Å². The largest absolute Gasteiger partial charge is 0.481 e. The van der Waals surface area contributed by atoms with Gasteiger partial charge in [-0.3, -0.25) is 4.79 Å². The van der Waals surface area contributed by atoms with E-state index in [4.69, 9.17) is 5.11 Å². The van der Waals surface area contributed by atoms with Gasteiger partial charge in [0.1, 0.15) is 0 Å². The second-order valence-corrected chi connectivity index (χ2v) is 5.61. The number of benzene rings is 1. The summed E-state index contributed by atoms with van der Waals surface area (Å²) >= 11 is 0. The van der Waals surface area contributed by atoms with Crippen molar-refractivity contribution >= 4 is 11.7 Å². The van der Waals surface area contributed by atoms with Gasteiger partial charge in [-0.05, 0) is 44.0 Å². The first-order valence-electron chi connectivity index (χ1n) is 6.75. The molecule has 2 atom stereocenters. The van der Waals surface area contributed by atoms with Crippen LogP contribution in [0.5, 0.6) is 0 Å². The van der Waals surface area contributed by atoms with Crippen molar-refractivity contribution in [3.63, 3.8) is 0 Å². The molecule has 1 saturated heterocycles. The number of aliphatic carboxylic acids is 1. The van der Waals surface area contributed by atoms with E-state index in [9.17, 15) is 4.79 Å². The van der Waals surface area contributed by atoms with Gasteiger partial charge in [-0.1, -0.05) is 6.07 Å². The van der Waals surface area contributed by atoms with Crippen LogP contribution in [0.2, 0.25) is 0 Å². The third-order valence-corrected chi connectivity index (χ3v) is 3.45. The van der Waals surface area contributed by atoms with Gasteiger partial charge >= 0.3 is 5.97 Å². The van der Waals surface area contributed by atoms with Crippen LogP contribution >= 0.6 is 0 Å². The molecular formula is C15H22N2O2. The Morgan fingerprint density at radius 2 is 1.95 bits per heavy atom. The van der Waals surface area contributed by atoms with E-state index < -0.39 is 5.97 Å². The number of anilines is 1. The van der Waals surface area contributed by atoms with Gasteiger partial charge in [-0.2, -0.15) is 0 Å². The van der Waals surface area contributed by atoms with Crippen molar-refractivity contribution in [2.75, 3.05) is 18.0 Å². The predicted octanol–water partition coefficient (Wildman–Crippen LogP) is 1.94. The molecule has 0 amide bonds. The minimum absolute atomic E-state index is 0.0158. The quantitative estimate of drug-likeness (QED) is 0.874. The van der Waals surface area contributed by atoms with Gasteiger partial charge < -0.3 is 15.3 Å². The van der Waals surface area contributed by atoms with Crippen LogP contribution in [0, 0.1) is 13.8 Å². The lowest BCUT2D eigenvalue weighted by atomic mass is 10.0. The first kappa shape index (κ1) is 13.9. The number of hydrogen-bond donors (Lipinski definition) is 2. The van der Waals surface area contributed by atoms with E-state index in [1.165, 1.54) is 16.8 Å². The molecule has 2 unspecified atom stereocenters. The highest BCUT2D eigenvalue weighted by Gasteiger charge is 2.25. The van der Waals surface area contributed by atoms with Gasteiger partial charge in [-0.15, -0.1) is 0 Å². The van der Waals surface area contributed by atoms with Crippen molar-refractivity contribution in [3.05, 3.63) is 29.3 Å². The normalized spacial score (nSPS) is 23.4. The molecule has 1 heterocycles. The van der Waals surface area contributed by atoms with E-state index in [1.807, 2.05) is 0 Å². The lowest BCUT2D eigenvalue weighted by molar-refractivity contribution is -0.137. The zero-order valence-electron chi connectivity index (χ0n) is 11.8. The Labute approximate surface area is 114 Å². The molecule has 4 heteroatoms. The standard InChI is InChI=1S/C15H22N2O2/c1-10-4-11(2)6-14(5-10)17-8-12(3)16-13(9-17)7-15(18)19/h4-6,12-13,16H,7-9H2,1-3H3,(H,18,19). The van der Waals surface area contributed by atoms with Crippen molar-refractivity contribution in [1.29, 1.82) is 0 Å². The minimum Gasteiger partial charge on any atom is -0.481 e. The van der Waals surface area contributed by atoms with Gasteiger partial charge in [0, 0.05) is 30.9 Å². The van der Waals surface area contributed by atoms with E-state index in [0.29, 0.717) is 6.04 Å². The summed E-state index contributed by atoms with van der Waals surface area (Å²) in [7, 11) is 0. The van der Waals surface area contributed by atoms with E-state index in [-0.39, 0.29) is 12.5 Å². The number of carboxylic acid groups (broad SMARTS) is 1. The summed E-state index contributed by atoms with van der Waals surface area (Å²) in [5, 5.41) is 12.3. The predicted molar refractivity (Wildman–Crippen MR) is 76.8 cm³/mol. The van der Waals surface area contributed by atoms with Crippen LogP contribution in [-0.4, -0.2) is 36.2 Å². The first-order chi connectivity index (χ1) is 8.94. The summed E-state index contributed by atoms with van der Waals surface area (Å²) in [5.74, 6) is -0.744. The van der Waals surface area contributed by atoms with Gasteiger partial charge in [0.25, 0.3) is 0 Å². The van der Waals surface area contributed by atoms with Gasteiger partial charge in [0.05, 0.1) is 6.42 Å². The number of nitrogens with one attached hydrogen (secondary N) is 1. The molecule has 4 nitrogen and oxygen atoms in total. The van der Waals surface area contributed by atoms with Crippen LogP contribution in [0.3, 0.4) is 0 Å². The molecule has 1 aromatic carbocycles. The zero-order chi connectivity index (χ0) is 14.0. The number of rotatable bonds is 3. The molecule has 1 aromatic rings. The highest BCUT2D eigenvalue weighted by atomic mass is 16.4. The number of carboxylic acids is 1. The van der Waals surface area contributed by atoms with Crippen LogP contribution in [0.1, 0.15) is 24.5 Å². The SMILES string of the molecule is Cc1cc(C)cc(N2CC(C)NC(CC(=O)O)C2)c1. The van der Waals surface area contributed by atoms with Crippen LogP contribution in [-0.2, 0) is 4.79 Å². The number of aryl methyl sites for hydroxylation is 2. The van der Waals surface area contributed by atoms with E-state index in [1.54, 1.807) is 0 Å². The minimum atomic E-state index is -0.744. The maximum absolute atomic E-state index is 10.9. The summed E-state index contributed by atoms with van der Waals surface area (Å²) in [6, 6.07) is 6.82. The fourth-order valence-corrected chi connectivity index (χ4v) is 2.86. The van der Waals surface area contributed by atoms with Gasteiger partial charge in [0.15, 0.2) is 0 Å². The fourth-order valence-electron chi connectivity index (χ4n) is 2.86. The summed E-state index contributed by atoms with van der Waals surface area (Å²) in [4.78, 5) is 13.2. The molecule has 0 bridgehead atoms. The zero-order valence-corrected chi connectivity index (χ0v) is 11.8. The van der Waals surface area contributed by atoms with E-state index in [2.05, 4.69) is 49.2 Å². The molecule has 1 fully saturated rings. The highest BCUT2D eigenvalue weighted by molar-refractivity contribution is 5.67. The fraction of sp³-hybridized carbons (Fsp3) is 0.533. The second kappa shape index (κ2) is 5.61. The molecule has 0 aromatic heterocycles. The molecule has 0 spiro atoms. The number of nitrogens with zero attached hydrogens (tertiary/aromatic N) is 1. The monoisotopic (exact) mass is 262 g/mol. The molecule has 0 radical (unpaired) electrons. The summed E-state index contributed by atoms with van der Waals surface area (Å²) < 4.78 is 0. The summed E-state index contributed by atoms with van der Waals surface area (Å²) in [6.45, 7) is 7.95. The van der Waals surface area contributed by atoms with Crippen molar-refractivity contribution in [3.8, 4) is 0 Å². The molecule has 1 aliphatic heterocycles. The lowest BCUT2D eigenvalue weighted by Gasteiger charge is -2.38. The third kappa shape index (κ3) is 3.70. The number of hydrogen-bond acceptors (Lipinski definition) is 3. The van der Waals surface area contributed by atoms with Crippen molar-refractivity contribution in [2.24, 2.45) is 0 Å². The Balaban J connectivity index is 2.16. The second-order valence-electron chi connectivity index (χ2n) is 5.61. The molecule has 0 saturated carbocycles. The van der Waals surface area contributed by atoms with Gasteiger partial charge in [-0.25, -0.2) is 0 Å². The van der Waals surface area contributed by atoms with E-state index >= 15 is 0 Å². The third-order valence-electron chi connectivity index (χ3n) is 3.45. The Morgan fingerprint density at radius 3 is 2.53 bits per heavy atom. The number of carbonyl (C=O) groups is 1. The van der Waals surface area contributed by atoms with Crippen molar-refractivity contribution in [1.82, 2.24) is 5.32 Å². The molecule has 0 aliphatic carbocycles. The van der Waals surface area contributed by atoms with E-state index in [0.717, 1.165) is 13.1 Å². The van der Waals surface area contributed by atoms with Crippen molar-refractivity contribution in [2.45, 2.75) is 39.3 Å². The lowest BCUT2D eigenvalue weighted by Crippen LogP contribution is -2.56. The highest BCUT2D eigenvalue weighted by Crippen LogP contribution is 2.21. The maximum atomic E-state index is 10.9. The molecule has 2 rings (SSSR count). The maximum Gasteiger partial charge on any atom is 0.304 e. The van der Waals surface area contributed by atoms with Crippen LogP contribution in [0.15, 0.2) is 18.2 Å². The Morgan fingerprint density at radius 1 is 1.32 bits per heavy atom. The van der Waals surface area contributed by atoms with Crippen LogP contribution < -0.4 is 10.2 Å². The molecular weight excluding hydrogens is 240 g/mol. The smallest absolute Gasteiger partial charge is 0.304 e. The summed E-state index contributed by atoms with van der Waals surface area (Å²) in [5.41, 5.74) is 3.69. The Bertz CT molecular complexity index is 453. The molecule has 1 aliphatic rings.